The van der Waals surface area contributed by atoms with Crippen molar-refractivity contribution in [1.29, 1.82) is 0 Å². The Morgan fingerprint density at radius 2 is 1.94 bits per heavy atom. The fraction of sp³-hybridized carbons (Fsp3) is 0.318. The van der Waals surface area contributed by atoms with Gasteiger partial charge in [0.05, 0.1) is 17.1 Å². The molecule has 9 heteroatoms. The van der Waals surface area contributed by atoms with Crippen LogP contribution in [0.3, 0.4) is 0 Å². The molecule has 1 aliphatic carbocycles. The Labute approximate surface area is 184 Å². The Morgan fingerprint density at radius 3 is 2.71 bits per heavy atom. The molecule has 2 aliphatic rings. The van der Waals surface area contributed by atoms with Crippen LogP contribution >= 0.6 is 11.8 Å². The van der Waals surface area contributed by atoms with Crippen LogP contribution in [0.15, 0.2) is 53.9 Å². The van der Waals surface area contributed by atoms with Crippen LogP contribution in [-0.4, -0.2) is 43.4 Å². The number of amides is 2. The first kappa shape index (κ1) is 19.7. The summed E-state index contributed by atoms with van der Waals surface area (Å²) < 4.78 is 2.14. The fourth-order valence-electron chi connectivity index (χ4n) is 3.90. The number of rotatable bonds is 5. The van der Waals surface area contributed by atoms with E-state index in [0.717, 1.165) is 35.1 Å². The smallest absolute Gasteiger partial charge is 0.237 e. The van der Waals surface area contributed by atoms with Crippen LogP contribution in [0.5, 0.6) is 0 Å². The minimum Gasteiger partial charge on any atom is -0.324 e. The van der Waals surface area contributed by atoms with Crippen LogP contribution in [0, 0.1) is 0 Å². The highest BCUT2D eigenvalue weighted by atomic mass is 32.2. The minimum absolute atomic E-state index is 0.0581. The molecule has 158 valence electrons. The zero-order chi connectivity index (χ0) is 21.4. The number of hydrogen-bond donors (Lipinski definition) is 1. The van der Waals surface area contributed by atoms with Crippen LogP contribution in [0.25, 0.3) is 11.4 Å². The van der Waals surface area contributed by atoms with E-state index in [-0.39, 0.29) is 30.0 Å². The highest BCUT2D eigenvalue weighted by Gasteiger charge is 2.32. The lowest BCUT2D eigenvalue weighted by molar-refractivity contribution is -0.117. The summed E-state index contributed by atoms with van der Waals surface area (Å²) in [6.45, 7) is 1.90. The first-order valence-electron chi connectivity index (χ1n) is 10.3. The van der Waals surface area contributed by atoms with Crippen LogP contribution in [0.1, 0.15) is 32.2 Å². The monoisotopic (exact) mass is 434 g/mol. The number of carbonyl (C=O) groups excluding carboxylic acids is 2. The third kappa shape index (κ3) is 3.93. The summed E-state index contributed by atoms with van der Waals surface area (Å²) in [5.41, 5.74) is 2.36. The molecule has 5 rings (SSSR count). The van der Waals surface area contributed by atoms with Gasteiger partial charge in [-0.3, -0.25) is 19.1 Å². The van der Waals surface area contributed by atoms with E-state index in [0.29, 0.717) is 11.7 Å². The molecule has 0 spiro atoms. The SMILES string of the molecule is C[C@@H]1CC(=O)Nc2ccccc2N1C(=O)CSc1nnc(-c2ccncc2)n1C1CC1. The van der Waals surface area contributed by atoms with Gasteiger partial charge in [0.25, 0.3) is 0 Å². The van der Waals surface area contributed by atoms with Crippen molar-refractivity contribution < 1.29 is 9.59 Å². The van der Waals surface area contributed by atoms with Crippen molar-refractivity contribution in [1.82, 2.24) is 19.7 Å². The van der Waals surface area contributed by atoms with Gasteiger partial charge in [0.2, 0.25) is 11.8 Å². The number of thioether (sulfide) groups is 1. The van der Waals surface area contributed by atoms with Crippen LogP contribution in [-0.2, 0) is 9.59 Å². The molecule has 3 heterocycles. The summed E-state index contributed by atoms with van der Waals surface area (Å²) in [5, 5.41) is 12.4. The molecule has 0 unspecified atom stereocenters. The molecule has 0 bridgehead atoms. The van der Waals surface area contributed by atoms with E-state index in [1.165, 1.54) is 11.8 Å². The molecule has 1 aromatic carbocycles. The second kappa shape index (κ2) is 8.14. The van der Waals surface area contributed by atoms with Crippen LogP contribution < -0.4 is 10.2 Å². The highest BCUT2D eigenvalue weighted by molar-refractivity contribution is 7.99. The Hall–Kier alpha value is -3.20. The first-order chi connectivity index (χ1) is 15.1. The van der Waals surface area contributed by atoms with Gasteiger partial charge in [-0.15, -0.1) is 10.2 Å². The predicted octanol–water partition coefficient (Wildman–Crippen LogP) is 3.53. The van der Waals surface area contributed by atoms with E-state index in [1.807, 2.05) is 43.3 Å². The number of nitrogens with zero attached hydrogens (tertiary/aromatic N) is 5. The molecule has 1 atom stereocenters. The molecule has 2 aromatic heterocycles. The molecule has 2 amide bonds. The van der Waals surface area contributed by atoms with Crippen molar-refractivity contribution in [2.75, 3.05) is 16.0 Å². The Bertz CT molecular complexity index is 1130. The largest absolute Gasteiger partial charge is 0.324 e. The molecular formula is C22H22N6O2S. The van der Waals surface area contributed by atoms with Crippen molar-refractivity contribution in [3.05, 3.63) is 48.8 Å². The molecule has 3 aromatic rings. The fourth-order valence-corrected chi connectivity index (χ4v) is 4.76. The summed E-state index contributed by atoms with van der Waals surface area (Å²) in [7, 11) is 0. The van der Waals surface area contributed by atoms with Gasteiger partial charge < -0.3 is 10.2 Å². The molecule has 1 fully saturated rings. The molecule has 1 saturated carbocycles. The standard InChI is InChI=1S/C22H22N6O2S/c1-14-12-19(29)24-17-4-2-3-5-18(17)27(14)20(30)13-31-22-26-25-21(28(22)16-6-7-16)15-8-10-23-11-9-15/h2-5,8-11,14,16H,6-7,12-13H2,1H3,(H,24,29)/t14-/m1/s1. The second-order valence-electron chi connectivity index (χ2n) is 7.81. The second-order valence-corrected chi connectivity index (χ2v) is 8.76. The maximum absolute atomic E-state index is 13.3. The Morgan fingerprint density at radius 1 is 1.16 bits per heavy atom. The van der Waals surface area contributed by atoms with Crippen LogP contribution in [0.4, 0.5) is 11.4 Å². The number of para-hydroxylation sites is 2. The van der Waals surface area contributed by atoms with E-state index < -0.39 is 0 Å². The Balaban J connectivity index is 1.39. The summed E-state index contributed by atoms with van der Waals surface area (Å²) in [6, 6.07) is 11.4. The number of fused-ring (bicyclic) bond motifs is 1. The normalized spacial score (nSPS) is 18.3. The Kier molecular flexibility index (Phi) is 5.19. The number of benzene rings is 1. The summed E-state index contributed by atoms with van der Waals surface area (Å²) in [6.07, 6.45) is 5.91. The van der Waals surface area contributed by atoms with Crippen molar-refractivity contribution in [3.8, 4) is 11.4 Å². The quantitative estimate of drug-likeness (QED) is 0.618. The van der Waals surface area contributed by atoms with Gasteiger partial charge in [-0.25, -0.2) is 0 Å². The van der Waals surface area contributed by atoms with E-state index in [1.54, 1.807) is 17.3 Å². The van der Waals surface area contributed by atoms with E-state index >= 15 is 0 Å². The summed E-state index contributed by atoms with van der Waals surface area (Å²) in [4.78, 5) is 31.3. The molecule has 0 radical (unpaired) electrons. The maximum atomic E-state index is 13.3. The summed E-state index contributed by atoms with van der Waals surface area (Å²) >= 11 is 1.39. The third-order valence-corrected chi connectivity index (χ3v) is 6.40. The lowest BCUT2D eigenvalue weighted by Gasteiger charge is -2.27. The van der Waals surface area contributed by atoms with Crippen molar-refractivity contribution in [2.45, 2.75) is 43.4 Å². The van der Waals surface area contributed by atoms with Gasteiger partial charge in [-0.05, 0) is 44.0 Å². The number of hydrogen-bond acceptors (Lipinski definition) is 6. The topological polar surface area (TPSA) is 93.0 Å². The van der Waals surface area contributed by atoms with Crippen LogP contribution in [0.2, 0.25) is 0 Å². The zero-order valence-electron chi connectivity index (χ0n) is 17.1. The lowest BCUT2D eigenvalue weighted by Crippen LogP contribution is -2.40. The van der Waals surface area contributed by atoms with Crippen molar-refractivity contribution in [2.24, 2.45) is 0 Å². The average Bonchev–Trinajstić information content (AvgIpc) is 3.54. The zero-order valence-corrected chi connectivity index (χ0v) is 17.9. The molecule has 31 heavy (non-hydrogen) atoms. The predicted molar refractivity (Wildman–Crippen MR) is 119 cm³/mol. The summed E-state index contributed by atoms with van der Waals surface area (Å²) in [5.74, 6) is 0.882. The van der Waals surface area contributed by atoms with E-state index in [9.17, 15) is 9.59 Å². The van der Waals surface area contributed by atoms with Crippen molar-refractivity contribution >= 4 is 35.0 Å². The molecular weight excluding hydrogens is 412 g/mol. The number of carbonyl (C=O) groups is 2. The third-order valence-electron chi connectivity index (χ3n) is 5.47. The van der Waals surface area contributed by atoms with E-state index in [2.05, 4.69) is 25.1 Å². The van der Waals surface area contributed by atoms with Gasteiger partial charge in [-0.2, -0.15) is 0 Å². The first-order valence-corrected chi connectivity index (χ1v) is 11.3. The average molecular weight is 435 g/mol. The molecule has 1 N–H and O–H groups in total. The molecule has 1 aliphatic heterocycles. The van der Waals surface area contributed by atoms with Gasteiger partial charge >= 0.3 is 0 Å². The van der Waals surface area contributed by atoms with Gasteiger partial charge in [0, 0.05) is 36.5 Å². The number of pyridine rings is 1. The van der Waals surface area contributed by atoms with E-state index in [4.69, 9.17) is 0 Å². The van der Waals surface area contributed by atoms with Gasteiger partial charge in [-0.1, -0.05) is 23.9 Å². The lowest BCUT2D eigenvalue weighted by atomic mass is 10.2. The number of aromatic nitrogens is 4. The number of anilines is 2. The maximum Gasteiger partial charge on any atom is 0.237 e. The molecule has 8 nitrogen and oxygen atoms in total. The minimum atomic E-state index is -0.231. The van der Waals surface area contributed by atoms with Gasteiger partial charge in [0.1, 0.15) is 0 Å². The highest BCUT2D eigenvalue weighted by Crippen LogP contribution is 2.41. The molecule has 0 saturated heterocycles. The van der Waals surface area contributed by atoms with Crippen molar-refractivity contribution in [3.63, 3.8) is 0 Å². The van der Waals surface area contributed by atoms with Gasteiger partial charge in [0.15, 0.2) is 11.0 Å². The number of nitrogens with one attached hydrogen (secondary N) is 1.